The van der Waals surface area contributed by atoms with Crippen molar-refractivity contribution < 1.29 is 19.1 Å². The van der Waals surface area contributed by atoms with Gasteiger partial charge < -0.3 is 19.7 Å². The van der Waals surface area contributed by atoms with Crippen LogP contribution in [0, 0.1) is 0 Å². The van der Waals surface area contributed by atoms with Gasteiger partial charge in [-0.15, -0.1) is 0 Å². The van der Waals surface area contributed by atoms with Gasteiger partial charge in [0.25, 0.3) is 5.91 Å². The van der Waals surface area contributed by atoms with Gasteiger partial charge >= 0.3 is 5.97 Å². The molecule has 2 N–H and O–H groups in total. The summed E-state index contributed by atoms with van der Waals surface area (Å²) < 4.78 is 5.26. The van der Waals surface area contributed by atoms with Crippen LogP contribution in [0.5, 0.6) is 0 Å². The summed E-state index contributed by atoms with van der Waals surface area (Å²) in [4.78, 5) is 24.8. The maximum Gasteiger partial charge on any atom is 0.322 e. The van der Waals surface area contributed by atoms with Crippen molar-refractivity contribution in [1.82, 2.24) is 5.32 Å². The van der Waals surface area contributed by atoms with Gasteiger partial charge in [0.1, 0.15) is 6.54 Å². The average Bonchev–Trinajstić information content (AvgIpc) is 3.10. The summed E-state index contributed by atoms with van der Waals surface area (Å²) in [6, 6.07) is 10.3. The number of para-hydroxylation sites is 1. The van der Waals surface area contributed by atoms with E-state index in [9.17, 15) is 9.59 Å². The second kappa shape index (κ2) is 6.16. The Morgan fingerprint density at radius 1 is 1.35 bits per heavy atom. The highest BCUT2D eigenvalue weighted by atomic mass is 16.4. The molecule has 120 valence electrons. The molecule has 2 heterocycles. The smallest absolute Gasteiger partial charge is 0.322 e. The summed E-state index contributed by atoms with van der Waals surface area (Å²) in [6.07, 6.45) is 2.42. The van der Waals surface area contributed by atoms with Gasteiger partial charge in [0.2, 0.25) is 0 Å². The van der Waals surface area contributed by atoms with Crippen molar-refractivity contribution in [2.24, 2.45) is 0 Å². The number of hydrogen-bond acceptors (Lipinski definition) is 4. The Labute approximate surface area is 133 Å². The Balaban J connectivity index is 1.78. The Kier molecular flexibility index (Phi) is 4.06. The van der Waals surface area contributed by atoms with Crippen molar-refractivity contribution in [3.8, 4) is 0 Å². The quantitative estimate of drug-likeness (QED) is 0.882. The van der Waals surface area contributed by atoms with Crippen LogP contribution in [-0.4, -0.2) is 29.6 Å². The van der Waals surface area contributed by atoms with E-state index in [-0.39, 0.29) is 5.76 Å². The van der Waals surface area contributed by atoms with Crippen LogP contribution in [0.3, 0.4) is 0 Å². The minimum Gasteiger partial charge on any atom is -0.480 e. The number of carboxylic acids is 1. The molecule has 1 aliphatic rings. The zero-order chi connectivity index (χ0) is 16.4. The lowest BCUT2D eigenvalue weighted by atomic mass is 10.1. The van der Waals surface area contributed by atoms with Gasteiger partial charge in [-0.1, -0.05) is 18.2 Å². The van der Waals surface area contributed by atoms with E-state index in [1.807, 2.05) is 12.1 Å². The molecule has 0 saturated carbocycles. The second-order valence-electron chi connectivity index (χ2n) is 5.66. The molecule has 2 aromatic rings. The number of anilines is 1. The molecule has 1 aliphatic heterocycles. The zero-order valence-corrected chi connectivity index (χ0v) is 12.8. The van der Waals surface area contributed by atoms with Crippen molar-refractivity contribution in [2.75, 3.05) is 11.4 Å². The topological polar surface area (TPSA) is 82.8 Å². The molecule has 0 bridgehead atoms. The molecular weight excluding hydrogens is 296 g/mol. The highest BCUT2D eigenvalue weighted by Crippen LogP contribution is 2.33. The van der Waals surface area contributed by atoms with Gasteiger partial charge in [-0.25, -0.2) is 0 Å². The largest absolute Gasteiger partial charge is 0.480 e. The lowest BCUT2D eigenvalue weighted by molar-refractivity contribution is -0.135. The first-order valence-corrected chi connectivity index (χ1v) is 7.47. The molecule has 23 heavy (non-hydrogen) atoms. The van der Waals surface area contributed by atoms with Crippen LogP contribution in [0.1, 0.15) is 28.6 Å². The zero-order valence-electron chi connectivity index (χ0n) is 12.8. The normalized spacial score (nSPS) is 16.2. The fraction of sp³-hybridized carbons (Fsp3) is 0.294. The van der Waals surface area contributed by atoms with Gasteiger partial charge in [-0.3, -0.25) is 9.59 Å². The predicted octanol–water partition coefficient (Wildman–Crippen LogP) is 2.05. The van der Waals surface area contributed by atoms with Crippen LogP contribution in [0.25, 0.3) is 0 Å². The van der Waals surface area contributed by atoms with Crippen LogP contribution < -0.4 is 10.2 Å². The molecule has 6 heteroatoms. The lowest BCUT2D eigenvalue weighted by Crippen LogP contribution is -2.32. The van der Waals surface area contributed by atoms with Crippen molar-refractivity contribution in [3.05, 3.63) is 53.5 Å². The Morgan fingerprint density at radius 2 is 2.13 bits per heavy atom. The maximum absolute atomic E-state index is 12.0. The van der Waals surface area contributed by atoms with Crippen LogP contribution >= 0.6 is 0 Å². The van der Waals surface area contributed by atoms with E-state index < -0.39 is 18.4 Å². The summed E-state index contributed by atoms with van der Waals surface area (Å²) >= 11 is 0. The number of furan rings is 1. The molecule has 0 saturated heterocycles. The molecule has 0 fully saturated rings. The van der Waals surface area contributed by atoms with E-state index in [0.29, 0.717) is 12.6 Å². The van der Waals surface area contributed by atoms with E-state index >= 15 is 0 Å². The Hall–Kier alpha value is -2.76. The van der Waals surface area contributed by atoms with E-state index in [1.165, 1.54) is 11.8 Å². The summed E-state index contributed by atoms with van der Waals surface area (Å²) in [6.45, 7) is 2.26. The van der Waals surface area contributed by atoms with E-state index in [1.54, 1.807) is 6.07 Å². The van der Waals surface area contributed by atoms with Gasteiger partial charge in [0.05, 0.1) is 6.26 Å². The molecule has 1 atom stereocenters. The molecule has 0 spiro atoms. The number of benzene rings is 1. The standard InChI is InChI=1S/C17H18N2O4/c1-11-8-12-4-2-3-5-14(12)19(11)10-13-6-7-23-16(13)17(22)18-9-15(20)21/h2-7,11H,8-10H2,1H3,(H,18,22)(H,20,21). The number of carbonyl (C=O) groups excluding carboxylic acids is 1. The first kappa shape index (κ1) is 15.1. The van der Waals surface area contributed by atoms with E-state index in [0.717, 1.165) is 17.7 Å². The minimum absolute atomic E-state index is 0.169. The van der Waals surface area contributed by atoms with E-state index in [2.05, 4.69) is 29.3 Å². The van der Waals surface area contributed by atoms with Crippen molar-refractivity contribution in [1.29, 1.82) is 0 Å². The van der Waals surface area contributed by atoms with Gasteiger partial charge in [0, 0.05) is 23.8 Å². The van der Waals surface area contributed by atoms with Crippen LogP contribution in [0.4, 0.5) is 5.69 Å². The molecule has 6 nitrogen and oxygen atoms in total. The van der Waals surface area contributed by atoms with Gasteiger partial charge in [-0.2, -0.15) is 0 Å². The second-order valence-corrected chi connectivity index (χ2v) is 5.66. The number of amides is 1. The van der Waals surface area contributed by atoms with Crippen LogP contribution in [0.2, 0.25) is 0 Å². The molecule has 1 aromatic carbocycles. The van der Waals surface area contributed by atoms with Gasteiger partial charge in [-0.05, 0) is 31.0 Å². The van der Waals surface area contributed by atoms with Crippen LogP contribution in [-0.2, 0) is 17.8 Å². The Bertz CT molecular complexity index is 738. The maximum atomic E-state index is 12.0. The Morgan fingerprint density at radius 3 is 2.91 bits per heavy atom. The molecule has 1 unspecified atom stereocenters. The summed E-state index contributed by atoms with van der Waals surface area (Å²) in [7, 11) is 0. The average molecular weight is 314 g/mol. The van der Waals surface area contributed by atoms with Crippen molar-refractivity contribution in [2.45, 2.75) is 25.9 Å². The number of hydrogen-bond donors (Lipinski definition) is 2. The molecule has 3 rings (SSSR count). The first-order valence-electron chi connectivity index (χ1n) is 7.47. The third-order valence-corrected chi connectivity index (χ3v) is 4.04. The SMILES string of the molecule is CC1Cc2ccccc2N1Cc1ccoc1C(=O)NCC(=O)O. The number of carboxylic acid groups (broad SMARTS) is 1. The first-order chi connectivity index (χ1) is 11.1. The highest BCUT2D eigenvalue weighted by Gasteiger charge is 2.27. The van der Waals surface area contributed by atoms with Crippen molar-refractivity contribution >= 4 is 17.6 Å². The predicted molar refractivity (Wildman–Crippen MR) is 84.5 cm³/mol. The molecule has 0 radical (unpaired) electrons. The van der Waals surface area contributed by atoms with E-state index in [4.69, 9.17) is 9.52 Å². The van der Waals surface area contributed by atoms with Crippen molar-refractivity contribution in [3.63, 3.8) is 0 Å². The third kappa shape index (κ3) is 3.06. The number of nitrogens with one attached hydrogen (secondary N) is 1. The summed E-state index contributed by atoms with van der Waals surface area (Å²) in [5.74, 6) is -1.43. The number of carbonyl (C=O) groups is 2. The number of rotatable bonds is 5. The fourth-order valence-electron chi connectivity index (χ4n) is 2.95. The summed E-state index contributed by atoms with van der Waals surface area (Å²) in [5, 5.41) is 11.0. The minimum atomic E-state index is -1.09. The monoisotopic (exact) mass is 314 g/mol. The summed E-state index contributed by atoms with van der Waals surface area (Å²) in [5.41, 5.74) is 3.20. The molecule has 1 aromatic heterocycles. The molecule has 0 aliphatic carbocycles. The molecule has 1 amide bonds. The molecular formula is C17H18N2O4. The van der Waals surface area contributed by atoms with Gasteiger partial charge in [0.15, 0.2) is 5.76 Å². The highest BCUT2D eigenvalue weighted by molar-refractivity contribution is 5.94. The number of nitrogens with zero attached hydrogens (tertiary/aromatic N) is 1. The fourth-order valence-corrected chi connectivity index (χ4v) is 2.95. The van der Waals surface area contributed by atoms with Crippen LogP contribution in [0.15, 0.2) is 41.0 Å². The number of fused-ring (bicyclic) bond motifs is 1. The third-order valence-electron chi connectivity index (χ3n) is 4.04. The number of aliphatic carboxylic acids is 1. The lowest BCUT2D eigenvalue weighted by Gasteiger charge is -2.24.